The van der Waals surface area contributed by atoms with Gasteiger partial charge >= 0.3 is 0 Å². The zero-order chi connectivity index (χ0) is 16.5. The molecule has 0 unspecified atom stereocenters. The molecular formula is C17H23N3O3. The summed E-state index contributed by atoms with van der Waals surface area (Å²) in [6.07, 6.45) is 7.79. The summed E-state index contributed by atoms with van der Waals surface area (Å²) in [5, 5.41) is 7.34. The summed E-state index contributed by atoms with van der Waals surface area (Å²) in [7, 11) is 0. The van der Waals surface area contributed by atoms with E-state index in [-0.39, 0.29) is 11.7 Å². The van der Waals surface area contributed by atoms with Crippen LogP contribution in [0, 0.1) is 0 Å². The van der Waals surface area contributed by atoms with E-state index in [1.54, 1.807) is 18.3 Å². The molecule has 6 heteroatoms. The van der Waals surface area contributed by atoms with Gasteiger partial charge in [-0.3, -0.25) is 4.79 Å². The van der Waals surface area contributed by atoms with Crippen LogP contribution in [0.25, 0.3) is 0 Å². The van der Waals surface area contributed by atoms with E-state index in [2.05, 4.69) is 17.0 Å². The molecule has 23 heavy (non-hydrogen) atoms. The number of ether oxygens (including phenoxy) is 2. The summed E-state index contributed by atoms with van der Waals surface area (Å²) >= 11 is 0. The van der Waals surface area contributed by atoms with Crippen LogP contribution in [0.1, 0.15) is 13.3 Å². The summed E-state index contributed by atoms with van der Waals surface area (Å²) in [4.78, 5) is 11.5. The summed E-state index contributed by atoms with van der Waals surface area (Å²) in [5.41, 5.74) is -0.0734. The van der Waals surface area contributed by atoms with E-state index in [9.17, 15) is 4.79 Å². The lowest BCUT2D eigenvalue weighted by Crippen LogP contribution is -2.36. The second-order valence-electron chi connectivity index (χ2n) is 5.21. The molecule has 1 aliphatic rings. The molecule has 2 rings (SSSR count). The van der Waals surface area contributed by atoms with Crippen LogP contribution in [0.4, 0.5) is 0 Å². The standard InChI is InChI=1S/C17H23N3O3/c1-3-4-7-16-14(2)22-13-15(23-16)12-18-9-6-11-20-17(21)8-5-10-19-20/h3-5,7-8,10,15,18H,1,6,9,11-13H2,2H3/b7-4-/t15-/m1/s1. The van der Waals surface area contributed by atoms with Gasteiger partial charge in [0.2, 0.25) is 0 Å². The first kappa shape index (κ1) is 17.0. The molecule has 2 heterocycles. The van der Waals surface area contributed by atoms with Crippen molar-refractivity contribution < 1.29 is 9.47 Å². The van der Waals surface area contributed by atoms with Crippen LogP contribution < -0.4 is 10.9 Å². The molecule has 0 bridgehead atoms. The molecule has 0 saturated carbocycles. The third-order valence-corrected chi connectivity index (χ3v) is 3.39. The Morgan fingerprint density at radius 2 is 2.43 bits per heavy atom. The van der Waals surface area contributed by atoms with Crippen molar-refractivity contribution in [3.63, 3.8) is 0 Å². The van der Waals surface area contributed by atoms with Gasteiger partial charge in [0, 0.05) is 25.4 Å². The van der Waals surface area contributed by atoms with E-state index in [4.69, 9.17) is 9.47 Å². The lowest BCUT2D eigenvalue weighted by Gasteiger charge is -2.26. The number of hydrogen-bond donors (Lipinski definition) is 1. The predicted octanol–water partition coefficient (Wildman–Crippen LogP) is 1.61. The molecular weight excluding hydrogens is 294 g/mol. The molecule has 124 valence electrons. The molecule has 1 N–H and O–H groups in total. The molecule has 1 atom stereocenters. The van der Waals surface area contributed by atoms with Crippen LogP contribution >= 0.6 is 0 Å². The Balaban J connectivity index is 1.69. The van der Waals surface area contributed by atoms with E-state index < -0.39 is 0 Å². The largest absolute Gasteiger partial charge is 0.490 e. The predicted molar refractivity (Wildman–Crippen MR) is 88.8 cm³/mol. The van der Waals surface area contributed by atoms with Gasteiger partial charge < -0.3 is 14.8 Å². The molecule has 0 saturated heterocycles. The van der Waals surface area contributed by atoms with E-state index >= 15 is 0 Å². The number of hydrogen-bond acceptors (Lipinski definition) is 5. The monoisotopic (exact) mass is 317 g/mol. The first-order valence-electron chi connectivity index (χ1n) is 7.73. The first-order valence-corrected chi connectivity index (χ1v) is 7.73. The SMILES string of the molecule is C=C/C=C\C1=C(C)OC[C@@H](CNCCCn2ncccc2=O)O1. The maximum atomic E-state index is 11.5. The summed E-state index contributed by atoms with van der Waals surface area (Å²) in [6.45, 7) is 8.13. The highest BCUT2D eigenvalue weighted by Gasteiger charge is 2.19. The van der Waals surface area contributed by atoms with Crippen molar-refractivity contribution in [2.24, 2.45) is 0 Å². The van der Waals surface area contributed by atoms with Crippen LogP contribution in [0.2, 0.25) is 0 Å². The van der Waals surface area contributed by atoms with Crippen molar-refractivity contribution >= 4 is 0 Å². The van der Waals surface area contributed by atoms with Gasteiger partial charge in [-0.05, 0) is 32.0 Å². The fourth-order valence-electron chi connectivity index (χ4n) is 2.17. The lowest BCUT2D eigenvalue weighted by molar-refractivity contribution is 0.00446. The molecule has 0 aromatic carbocycles. The maximum Gasteiger partial charge on any atom is 0.266 e. The van der Waals surface area contributed by atoms with Gasteiger partial charge in [0.25, 0.3) is 5.56 Å². The van der Waals surface area contributed by atoms with Gasteiger partial charge in [-0.2, -0.15) is 5.10 Å². The third-order valence-electron chi connectivity index (χ3n) is 3.39. The minimum atomic E-state index is -0.0734. The molecule has 1 aliphatic heterocycles. The number of rotatable bonds is 8. The number of allylic oxidation sites excluding steroid dienone is 4. The molecule has 0 fully saturated rings. The van der Waals surface area contributed by atoms with E-state index in [0.29, 0.717) is 19.7 Å². The number of aromatic nitrogens is 2. The van der Waals surface area contributed by atoms with Gasteiger partial charge in [0.1, 0.15) is 18.5 Å². The van der Waals surface area contributed by atoms with Crippen molar-refractivity contribution in [2.75, 3.05) is 19.7 Å². The van der Waals surface area contributed by atoms with Crippen LogP contribution in [0.5, 0.6) is 0 Å². The van der Waals surface area contributed by atoms with Crippen molar-refractivity contribution in [3.8, 4) is 0 Å². The zero-order valence-electron chi connectivity index (χ0n) is 13.4. The smallest absolute Gasteiger partial charge is 0.266 e. The fourth-order valence-corrected chi connectivity index (χ4v) is 2.17. The van der Waals surface area contributed by atoms with Crippen molar-refractivity contribution in [2.45, 2.75) is 26.0 Å². The Hall–Kier alpha value is -2.34. The quantitative estimate of drug-likeness (QED) is 0.583. The van der Waals surface area contributed by atoms with Crippen molar-refractivity contribution in [1.29, 1.82) is 0 Å². The van der Waals surface area contributed by atoms with E-state index in [1.807, 2.05) is 19.1 Å². The summed E-state index contributed by atoms with van der Waals surface area (Å²) in [6, 6.07) is 3.16. The van der Waals surface area contributed by atoms with Gasteiger partial charge in [-0.15, -0.1) is 0 Å². The Morgan fingerprint density at radius 3 is 3.22 bits per heavy atom. The minimum absolute atomic E-state index is 0.0271. The highest BCUT2D eigenvalue weighted by atomic mass is 16.6. The molecule has 0 amide bonds. The second-order valence-corrected chi connectivity index (χ2v) is 5.21. The van der Waals surface area contributed by atoms with Gasteiger partial charge in [0.15, 0.2) is 5.76 Å². The van der Waals surface area contributed by atoms with Gasteiger partial charge in [0.05, 0.1) is 0 Å². The normalized spacial score (nSPS) is 17.9. The molecule has 0 aliphatic carbocycles. The molecule has 1 aromatic heterocycles. The van der Waals surface area contributed by atoms with Crippen LogP contribution in [-0.2, 0) is 16.0 Å². The molecule has 0 spiro atoms. The molecule has 0 radical (unpaired) electrons. The Morgan fingerprint density at radius 1 is 1.57 bits per heavy atom. The summed E-state index contributed by atoms with van der Waals surface area (Å²) < 4.78 is 13.0. The van der Waals surface area contributed by atoms with Gasteiger partial charge in [-0.1, -0.05) is 18.7 Å². The average Bonchev–Trinajstić information content (AvgIpc) is 2.56. The Kier molecular flexibility index (Phi) is 6.62. The number of nitrogens with one attached hydrogen (secondary N) is 1. The van der Waals surface area contributed by atoms with Crippen LogP contribution in [0.3, 0.4) is 0 Å². The second kappa shape index (κ2) is 8.95. The fraction of sp³-hybridized carbons (Fsp3) is 0.412. The van der Waals surface area contributed by atoms with Crippen molar-refractivity contribution in [1.82, 2.24) is 15.1 Å². The highest BCUT2D eigenvalue weighted by Crippen LogP contribution is 2.18. The van der Waals surface area contributed by atoms with E-state index in [1.165, 1.54) is 10.7 Å². The maximum absolute atomic E-state index is 11.5. The number of nitrogens with zero attached hydrogens (tertiary/aromatic N) is 2. The van der Waals surface area contributed by atoms with Crippen LogP contribution in [-0.4, -0.2) is 35.6 Å². The highest BCUT2D eigenvalue weighted by molar-refractivity contribution is 5.20. The van der Waals surface area contributed by atoms with Crippen molar-refractivity contribution in [3.05, 3.63) is 65.0 Å². The van der Waals surface area contributed by atoms with Crippen LogP contribution in [0.15, 0.2) is 59.4 Å². The first-order chi connectivity index (χ1) is 11.2. The van der Waals surface area contributed by atoms with E-state index in [0.717, 1.165) is 24.5 Å². The topological polar surface area (TPSA) is 65.4 Å². The zero-order valence-corrected chi connectivity index (χ0v) is 13.4. The Bertz CT molecular complexity index is 634. The molecule has 6 nitrogen and oxygen atoms in total. The third kappa shape index (κ3) is 5.41. The lowest BCUT2D eigenvalue weighted by atomic mass is 10.3. The van der Waals surface area contributed by atoms with Gasteiger partial charge in [-0.25, -0.2) is 4.68 Å². The summed E-state index contributed by atoms with van der Waals surface area (Å²) in [5.74, 6) is 1.52. The number of aryl methyl sites for hydroxylation is 1. The minimum Gasteiger partial charge on any atom is -0.490 e. The Labute approximate surface area is 136 Å². The molecule has 1 aromatic rings. The average molecular weight is 317 g/mol.